The lowest BCUT2D eigenvalue weighted by Gasteiger charge is -2.33. The second kappa shape index (κ2) is 9.73. The van der Waals surface area contributed by atoms with Crippen LogP contribution in [0.3, 0.4) is 0 Å². The number of aliphatic imine (C=N–C) groups is 1. The minimum atomic E-state index is -0.600. The Morgan fingerprint density at radius 3 is 2.88 bits per heavy atom. The molecule has 1 aromatic carbocycles. The number of nitrogen functional groups attached to an aromatic ring is 1. The van der Waals surface area contributed by atoms with Gasteiger partial charge in [0.05, 0.1) is 11.3 Å². The summed E-state index contributed by atoms with van der Waals surface area (Å²) in [6.45, 7) is 1.55. The number of hydrogen-bond acceptors (Lipinski definition) is 7. The van der Waals surface area contributed by atoms with E-state index in [1.54, 1.807) is 18.3 Å². The monoisotopic (exact) mass is 436 g/mol. The Bertz CT molecular complexity index is 1060. The highest BCUT2D eigenvalue weighted by molar-refractivity contribution is 5.79. The van der Waals surface area contributed by atoms with Crippen molar-refractivity contribution in [3.05, 3.63) is 35.6 Å². The number of halogens is 1. The zero-order valence-electron chi connectivity index (χ0n) is 17.7. The van der Waals surface area contributed by atoms with Crippen molar-refractivity contribution in [3.63, 3.8) is 0 Å². The van der Waals surface area contributed by atoms with Crippen molar-refractivity contribution in [2.24, 2.45) is 10.9 Å². The molecule has 8 nitrogen and oxygen atoms in total. The van der Waals surface area contributed by atoms with E-state index in [0.29, 0.717) is 29.4 Å². The molecule has 1 amide bonds. The summed E-state index contributed by atoms with van der Waals surface area (Å²) in [5.41, 5.74) is 6.94. The standard InChI is InChI=1S/C23H25FN6O2/c24-19-11-16(6-7-17(19)13-25)20-12-21(29-22(26)28-20)30-10-2-3-15(14-30)8-9-27-23(31)32-18-4-1-5-18/h6-7,9,11-12,15,18H,1-5,8,10,14H2,(H2,26,28,29). The number of nitrogens with zero attached hydrogens (tertiary/aromatic N) is 5. The second-order valence-corrected chi connectivity index (χ2v) is 8.21. The number of benzene rings is 1. The van der Waals surface area contributed by atoms with Gasteiger partial charge in [0.25, 0.3) is 0 Å². The molecule has 9 heteroatoms. The van der Waals surface area contributed by atoms with Crippen LogP contribution in [0.5, 0.6) is 0 Å². The summed E-state index contributed by atoms with van der Waals surface area (Å²) < 4.78 is 19.3. The van der Waals surface area contributed by atoms with Crippen molar-refractivity contribution >= 4 is 24.1 Å². The van der Waals surface area contributed by atoms with E-state index in [9.17, 15) is 9.18 Å². The van der Waals surface area contributed by atoms with E-state index in [1.165, 1.54) is 12.1 Å². The molecule has 0 radical (unpaired) electrons. The summed E-state index contributed by atoms with van der Waals surface area (Å²) in [7, 11) is 0. The first-order valence-corrected chi connectivity index (χ1v) is 10.8. The van der Waals surface area contributed by atoms with Gasteiger partial charge in [-0.05, 0) is 56.6 Å². The fraction of sp³-hybridized carbons (Fsp3) is 0.435. The Morgan fingerprint density at radius 2 is 2.16 bits per heavy atom. The smallest absolute Gasteiger partial charge is 0.433 e. The molecule has 1 aromatic heterocycles. The maximum Gasteiger partial charge on any atom is 0.433 e. The minimum Gasteiger partial charge on any atom is -0.445 e. The lowest BCUT2D eigenvalue weighted by Crippen LogP contribution is -2.36. The van der Waals surface area contributed by atoms with E-state index in [0.717, 1.165) is 45.2 Å². The van der Waals surface area contributed by atoms with E-state index in [1.807, 2.05) is 6.07 Å². The lowest BCUT2D eigenvalue weighted by atomic mass is 9.95. The molecule has 1 saturated carbocycles. The maximum atomic E-state index is 14.1. The molecule has 2 fully saturated rings. The van der Waals surface area contributed by atoms with Crippen LogP contribution in [0.15, 0.2) is 29.3 Å². The summed E-state index contributed by atoms with van der Waals surface area (Å²) in [6.07, 6.45) is 6.80. The minimum absolute atomic E-state index is 0.0203. The normalized spacial score (nSPS) is 18.9. The number of nitrogens with two attached hydrogens (primary N) is 1. The maximum absolute atomic E-state index is 14.1. The van der Waals surface area contributed by atoms with Gasteiger partial charge < -0.3 is 15.4 Å². The summed E-state index contributed by atoms with van der Waals surface area (Å²) in [5.74, 6) is 0.487. The molecule has 2 aliphatic rings. The van der Waals surface area contributed by atoms with E-state index in [-0.39, 0.29) is 17.6 Å². The van der Waals surface area contributed by atoms with Gasteiger partial charge in [0.1, 0.15) is 23.8 Å². The van der Waals surface area contributed by atoms with E-state index < -0.39 is 11.9 Å². The number of piperidine rings is 1. The van der Waals surface area contributed by atoms with Crippen LogP contribution in [0.2, 0.25) is 0 Å². The van der Waals surface area contributed by atoms with Gasteiger partial charge in [-0.2, -0.15) is 15.2 Å². The Kier molecular flexibility index (Phi) is 6.59. The molecule has 0 spiro atoms. The highest BCUT2D eigenvalue weighted by Gasteiger charge is 2.23. The molecule has 2 heterocycles. The first kappa shape index (κ1) is 21.7. The van der Waals surface area contributed by atoms with Crippen molar-refractivity contribution in [1.29, 1.82) is 5.26 Å². The van der Waals surface area contributed by atoms with E-state index in [2.05, 4.69) is 19.9 Å². The first-order chi connectivity index (χ1) is 15.5. The molecule has 2 N–H and O–H groups in total. The van der Waals surface area contributed by atoms with Crippen LogP contribution < -0.4 is 10.6 Å². The van der Waals surface area contributed by atoms with Gasteiger partial charge in [0.2, 0.25) is 5.95 Å². The number of carbonyl (C=O) groups is 1. The van der Waals surface area contributed by atoms with E-state index in [4.69, 9.17) is 15.7 Å². The number of anilines is 2. The number of nitriles is 1. The Balaban J connectivity index is 1.42. The lowest BCUT2D eigenvalue weighted by molar-refractivity contribution is 0.0595. The molecule has 1 unspecified atom stereocenters. The molecular formula is C23H25FN6O2. The average Bonchev–Trinajstić information content (AvgIpc) is 2.76. The number of amides is 1. The fourth-order valence-corrected chi connectivity index (χ4v) is 3.93. The Morgan fingerprint density at radius 1 is 1.31 bits per heavy atom. The average molecular weight is 436 g/mol. The molecule has 4 rings (SSSR count). The molecule has 1 atom stereocenters. The number of aromatic nitrogens is 2. The molecule has 1 aliphatic heterocycles. The largest absolute Gasteiger partial charge is 0.445 e. The summed E-state index contributed by atoms with van der Waals surface area (Å²) in [4.78, 5) is 26.4. The number of carbonyl (C=O) groups excluding carboxylic acids is 1. The topological polar surface area (TPSA) is 117 Å². The highest BCUT2D eigenvalue weighted by atomic mass is 19.1. The third kappa shape index (κ3) is 5.19. The number of rotatable bonds is 5. The molecule has 1 aliphatic carbocycles. The zero-order valence-corrected chi connectivity index (χ0v) is 17.7. The van der Waals surface area contributed by atoms with Gasteiger partial charge in [0.15, 0.2) is 0 Å². The molecule has 32 heavy (non-hydrogen) atoms. The van der Waals surface area contributed by atoms with Gasteiger partial charge >= 0.3 is 6.09 Å². The van der Waals surface area contributed by atoms with Crippen LogP contribution in [-0.4, -0.2) is 41.5 Å². The van der Waals surface area contributed by atoms with Gasteiger partial charge in [-0.25, -0.2) is 14.2 Å². The molecule has 166 valence electrons. The molecule has 1 saturated heterocycles. The highest BCUT2D eigenvalue weighted by Crippen LogP contribution is 2.28. The summed E-state index contributed by atoms with van der Waals surface area (Å²) >= 11 is 0. The number of ether oxygens (including phenoxy) is 1. The van der Waals surface area contributed by atoms with Crippen molar-refractivity contribution < 1.29 is 13.9 Å². The molecule has 0 bridgehead atoms. The van der Waals surface area contributed by atoms with Crippen LogP contribution >= 0.6 is 0 Å². The predicted molar refractivity (Wildman–Crippen MR) is 119 cm³/mol. The Labute approximate surface area is 185 Å². The van der Waals surface area contributed by atoms with Crippen LogP contribution in [-0.2, 0) is 4.74 Å². The van der Waals surface area contributed by atoms with Gasteiger partial charge in [-0.1, -0.05) is 6.07 Å². The first-order valence-electron chi connectivity index (χ1n) is 10.8. The third-order valence-electron chi connectivity index (χ3n) is 5.91. The van der Waals surface area contributed by atoms with Crippen molar-refractivity contribution in [2.45, 2.75) is 44.6 Å². The fourth-order valence-electron chi connectivity index (χ4n) is 3.93. The van der Waals surface area contributed by atoms with Crippen LogP contribution in [0, 0.1) is 23.1 Å². The second-order valence-electron chi connectivity index (χ2n) is 8.21. The number of hydrogen-bond donors (Lipinski definition) is 1. The summed E-state index contributed by atoms with van der Waals surface area (Å²) in [5, 5.41) is 8.93. The predicted octanol–water partition coefficient (Wildman–Crippen LogP) is 4.10. The van der Waals surface area contributed by atoms with Crippen molar-refractivity contribution in [2.75, 3.05) is 23.7 Å². The third-order valence-corrected chi connectivity index (χ3v) is 5.91. The van der Waals surface area contributed by atoms with Crippen LogP contribution in [0.25, 0.3) is 11.3 Å². The molecular weight excluding hydrogens is 411 g/mol. The van der Waals surface area contributed by atoms with Crippen molar-refractivity contribution in [1.82, 2.24) is 9.97 Å². The Hall–Kier alpha value is -3.54. The van der Waals surface area contributed by atoms with Gasteiger partial charge in [-0.15, -0.1) is 0 Å². The summed E-state index contributed by atoms with van der Waals surface area (Å²) in [6, 6.07) is 7.94. The zero-order chi connectivity index (χ0) is 22.5. The van der Waals surface area contributed by atoms with Crippen molar-refractivity contribution in [3.8, 4) is 17.3 Å². The molecule has 2 aromatic rings. The van der Waals surface area contributed by atoms with Gasteiger partial charge in [0, 0.05) is 30.9 Å². The SMILES string of the molecule is N#Cc1ccc(-c2cc(N3CCCC(CC=NC(=O)OC4CCC4)C3)nc(N)n2)cc1F. The van der Waals surface area contributed by atoms with Gasteiger partial charge in [-0.3, -0.25) is 0 Å². The van der Waals surface area contributed by atoms with Crippen LogP contribution in [0.4, 0.5) is 21.0 Å². The van der Waals surface area contributed by atoms with Crippen LogP contribution in [0.1, 0.15) is 44.1 Å². The quantitative estimate of drug-likeness (QED) is 0.701. The van der Waals surface area contributed by atoms with E-state index >= 15 is 0 Å².